The first-order valence-electron chi connectivity index (χ1n) is 14.0. The van der Waals surface area contributed by atoms with Crippen LogP contribution in [-0.4, -0.2) is 19.7 Å². The smallest absolute Gasteiger partial charge is 0.340 e. The van der Waals surface area contributed by atoms with E-state index >= 15 is 0 Å². The van der Waals surface area contributed by atoms with Crippen LogP contribution in [0, 0.1) is 0 Å². The molecule has 0 aliphatic rings. The van der Waals surface area contributed by atoms with Gasteiger partial charge in [0.15, 0.2) is 0 Å². The summed E-state index contributed by atoms with van der Waals surface area (Å²) in [7, 11) is 1.66. The van der Waals surface area contributed by atoms with E-state index in [1.807, 2.05) is 79.7 Å². The van der Waals surface area contributed by atoms with Gasteiger partial charge in [-0.25, -0.2) is 4.79 Å². The molecule has 6 aromatic carbocycles. The predicted molar refractivity (Wildman–Crippen MR) is 170 cm³/mol. The Morgan fingerprint density at radius 3 is 2.02 bits per heavy atom. The van der Waals surface area contributed by atoms with Crippen molar-refractivity contribution in [1.82, 2.24) is 0 Å². The van der Waals surface area contributed by atoms with E-state index in [0.717, 1.165) is 55.4 Å². The standard InChI is InChI=1S/C37H31NO4/c1-3-41-37(39)31-14-8-9-15-32(31)38-33-22-18-26-10-4-6-12-29(26)35(33)36-30-13-7-5-11-27(30)19-23-34(36)42-24-25-16-20-28(40-2)21-17-25/h4-23,38H,3,24H2,1-2H3. The van der Waals surface area contributed by atoms with Crippen molar-refractivity contribution in [3.63, 3.8) is 0 Å². The highest BCUT2D eigenvalue weighted by Gasteiger charge is 2.20. The lowest BCUT2D eigenvalue weighted by molar-refractivity contribution is 0.0527. The molecule has 1 N–H and O–H groups in total. The molecule has 0 radical (unpaired) electrons. The summed E-state index contributed by atoms with van der Waals surface area (Å²) in [5.74, 6) is 1.21. The average molecular weight is 554 g/mol. The Bertz CT molecular complexity index is 1880. The van der Waals surface area contributed by atoms with Crippen LogP contribution in [0.3, 0.4) is 0 Å². The lowest BCUT2D eigenvalue weighted by atomic mass is 9.91. The molecule has 42 heavy (non-hydrogen) atoms. The highest BCUT2D eigenvalue weighted by atomic mass is 16.5. The second-order valence-electron chi connectivity index (χ2n) is 9.90. The molecule has 6 aromatic rings. The molecule has 5 heteroatoms. The van der Waals surface area contributed by atoms with Gasteiger partial charge in [-0.2, -0.15) is 0 Å². The molecule has 0 amide bonds. The van der Waals surface area contributed by atoms with E-state index in [2.05, 4.69) is 47.8 Å². The first-order chi connectivity index (χ1) is 20.7. The summed E-state index contributed by atoms with van der Waals surface area (Å²) in [5, 5.41) is 7.93. The number of nitrogens with one attached hydrogen (secondary N) is 1. The number of ether oxygens (including phenoxy) is 3. The SMILES string of the molecule is CCOC(=O)c1ccccc1Nc1ccc2ccccc2c1-c1c(OCc2ccc(OC)cc2)ccc2ccccc12. The molecule has 0 aromatic heterocycles. The second-order valence-corrected chi connectivity index (χ2v) is 9.90. The summed E-state index contributed by atoms with van der Waals surface area (Å²) in [6.07, 6.45) is 0. The molecule has 208 valence electrons. The van der Waals surface area contributed by atoms with Crippen LogP contribution in [0.5, 0.6) is 11.5 Å². The fourth-order valence-corrected chi connectivity index (χ4v) is 5.28. The molecule has 0 saturated carbocycles. The summed E-state index contributed by atoms with van der Waals surface area (Å²) in [5.41, 5.74) is 5.02. The van der Waals surface area contributed by atoms with Gasteiger partial charge in [0.1, 0.15) is 18.1 Å². The van der Waals surface area contributed by atoms with E-state index in [1.54, 1.807) is 13.2 Å². The molecule has 0 heterocycles. The van der Waals surface area contributed by atoms with Gasteiger partial charge in [0, 0.05) is 16.8 Å². The normalized spacial score (nSPS) is 10.9. The monoisotopic (exact) mass is 553 g/mol. The van der Waals surface area contributed by atoms with Crippen LogP contribution in [0.1, 0.15) is 22.8 Å². The summed E-state index contributed by atoms with van der Waals surface area (Å²) in [6.45, 7) is 2.51. The first-order valence-corrected chi connectivity index (χ1v) is 14.0. The van der Waals surface area contributed by atoms with Crippen molar-refractivity contribution in [3.05, 3.63) is 132 Å². The van der Waals surface area contributed by atoms with Crippen molar-refractivity contribution in [3.8, 4) is 22.6 Å². The van der Waals surface area contributed by atoms with Gasteiger partial charge in [0.2, 0.25) is 0 Å². The molecule has 0 atom stereocenters. The van der Waals surface area contributed by atoms with E-state index in [4.69, 9.17) is 14.2 Å². The number of anilines is 2. The summed E-state index contributed by atoms with van der Waals surface area (Å²) in [6, 6.07) is 40.3. The number of carbonyl (C=O) groups is 1. The Hall–Kier alpha value is -5.29. The van der Waals surface area contributed by atoms with Crippen LogP contribution >= 0.6 is 0 Å². The quantitative estimate of drug-likeness (QED) is 0.181. The molecule has 5 nitrogen and oxygen atoms in total. The maximum Gasteiger partial charge on any atom is 0.340 e. The largest absolute Gasteiger partial charge is 0.497 e. The predicted octanol–water partition coefficient (Wildman–Crippen LogP) is 9.17. The Morgan fingerprint density at radius 1 is 0.667 bits per heavy atom. The zero-order valence-corrected chi connectivity index (χ0v) is 23.6. The maximum absolute atomic E-state index is 12.8. The van der Waals surface area contributed by atoms with Gasteiger partial charge in [-0.3, -0.25) is 0 Å². The van der Waals surface area contributed by atoms with E-state index < -0.39 is 0 Å². The minimum absolute atomic E-state index is 0.305. The highest BCUT2D eigenvalue weighted by Crippen LogP contribution is 2.45. The van der Waals surface area contributed by atoms with Crippen molar-refractivity contribution in [2.45, 2.75) is 13.5 Å². The van der Waals surface area contributed by atoms with Crippen LogP contribution in [0.4, 0.5) is 11.4 Å². The van der Waals surface area contributed by atoms with Gasteiger partial charge in [0.05, 0.1) is 25.0 Å². The zero-order valence-electron chi connectivity index (χ0n) is 23.6. The summed E-state index contributed by atoms with van der Waals surface area (Å²) in [4.78, 5) is 12.8. The molecular formula is C37H31NO4. The molecule has 0 fully saturated rings. The van der Waals surface area contributed by atoms with Crippen LogP contribution in [0.2, 0.25) is 0 Å². The van der Waals surface area contributed by atoms with Crippen LogP contribution < -0.4 is 14.8 Å². The van der Waals surface area contributed by atoms with Crippen LogP contribution in [-0.2, 0) is 11.3 Å². The fourth-order valence-electron chi connectivity index (χ4n) is 5.28. The number of rotatable bonds is 9. The minimum atomic E-state index is -0.364. The third-order valence-corrected chi connectivity index (χ3v) is 7.31. The number of fused-ring (bicyclic) bond motifs is 2. The van der Waals surface area contributed by atoms with Crippen LogP contribution in [0.25, 0.3) is 32.7 Å². The van der Waals surface area contributed by atoms with E-state index in [9.17, 15) is 4.79 Å². The van der Waals surface area contributed by atoms with Gasteiger partial charge < -0.3 is 19.5 Å². The van der Waals surface area contributed by atoms with Crippen molar-refractivity contribution in [2.75, 3.05) is 19.0 Å². The van der Waals surface area contributed by atoms with Gasteiger partial charge in [-0.1, -0.05) is 84.9 Å². The van der Waals surface area contributed by atoms with Crippen molar-refractivity contribution in [1.29, 1.82) is 0 Å². The number of esters is 1. The number of para-hydroxylation sites is 1. The minimum Gasteiger partial charge on any atom is -0.497 e. The highest BCUT2D eigenvalue weighted by molar-refractivity contribution is 6.12. The molecular weight excluding hydrogens is 522 g/mol. The van der Waals surface area contributed by atoms with E-state index in [-0.39, 0.29) is 5.97 Å². The van der Waals surface area contributed by atoms with Crippen LogP contribution in [0.15, 0.2) is 121 Å². The summed E-state index contributed by atoms with van der Waals surface area (Å²) >= 11 is 0. The lowest BCUT2D eigenvalue weighted by Crippen LogP contribution is -2.08. The number of hydrogen-bond donors (Lipinski definition) is 1. The first kappa shape index (κ1) is 26.9. The molecule has 0 saturated heterocycles. The average Bonchev–Trinajstić information content (AvgIpc) is 3.04. The number of hydrogen-bond acceptors (Lipinski definition) is 5. The third-order valence-electron chi connectivity index (χ3n) is 7.31. The van der Waals surface area contributed by atoms with E-state index in [0.29, 0.717) is 24.5 Å². The van der Waals surface area contributed by atoms with Gasteiger partial charge in [0.25, 0.3) is 0 Å². The summed E-state index contributed by atoms with van der Waals surface area (Å²) < 4.78 is 17.2. The van der Waals surface area contributed by atoms with Crippen molar-refractivity contribution >= 4 is 38.9 Å². The Kier molecular flexibility index (Phi) is 7.73. The van der Waals surface area contributed by atoms with E-state index in [1.165, 1.54) is 0 Å². The van der Waals surface area contributed by atoms with Gasteiger partial charge in [-0.15, -0.1) is 0 Å². The topological polar surface area (TPSA) is 56.8 Å². The molecule has 0 unspecified atom stereocenters. The van der Waals surface area contributed by atoms with Crippen molar-refractivity contribution < 1.29 is 19.0 Å². The number of methoxy groups -OCH3 is 1. The molecule has 0 bridgehead atoms. The Morgan fingerprint density at radius 2 is 1.31 bits per heavy atom. The Balaban J connectivity index is 1.53. The van der Waals surface area contributed by atoms with Gasteiger partial charge >= 0.3 is 5.97 Å². The second kappa shape index (κ2) is 12.1. The number of benzene rings is 6. The van der Waals surface area contributed by atoms with Crippen molar-refractivity contribution in [2.24, 2.45) is 0 Å². The lowest BCUT2D eigenvalue weighted by Gasteiger charge is -2.21. The zero-order chi connectivity index (χ0) is 28.9. The maximum atomic E-state index is 12.8. The van der Waals surface area contributed by atoms with Gasteiger partial charge in [-0.05, 0) is 70.4 Å². The Labute approximate surface area is 245 Å². The molecule has 0 aliphatic carbocycles. The molecule has 6 rings (SSSR count). The number of carbonyl (C=O) groups excluding carboxylic acids is 1. The third kappa shape index (κ3) is 5.37. The molecule has 0 aliphatic heterocycles. The molecule has 0 spiro atoms. The fraction of sp³-hybridized carbons (Fsp3) is 0.108.